The molecule has 0 saturated heterocycles. The van der Waals surface area contributed by atoms with Gasteiger partial charge in [0, 0.05) is 18.1 Å². The van der Waals surface area contributed by atoms with E-state index in [0.29, 0.717) is 6.54 Å². The van der Waals surface area contributed by atoms with Gasteiger partial charge in [-0.05, 0) is 30.7 Å². The van der Waals surface area contributed by atoms with Gasteiger partial charge in [0.15, 0.2) is 0 Å². The lowest BCUT2D eigenvalue weighted by Crippen LogP contribution is -2.01. The first-order valence-corrected chi connectivity index (χ1v) is 5.83. The van der Waals surface area contributed by atoms with Gasteiger partial charge in [0.1, 0.15) is 11.6 Å². The van der Waals surface area contributed by atoms with Gasteiger partial charge in [0.05, 0.1) is 13.2 Å². The Morgan fingerprint density at radius 3 is 2.76 bits per heavy atom. The van der Waals surface area contributed by atoms with Crippen molar-refractivity contribution < 1.29 is 4.74 Å². The van der Waals surface area contributed by atoms with Crippen LogP contribution in [0.1, 0.15) is 19.2 Å². The predicted molar refractivity (Wildman–Crippen MR) is 68.1 cm³/mol. The highest BCUT2D eigenvalue weighted by Crippen LogP contribution is 2.16. The predicted octanol–water partition coefficient (Wildman–Crippen LogP) is 2.81. The number of nitrogens with zero attached hydrogens (tertiary/aromatic N) is 1. The van der Waals surface area contributed by atoms with Crippen LogP contribution < -0.4 is 10.1 Å². The van der Waals surface area contributed by atoms with Crippen LogP contribution in [-0.4, -0.2) is 16.6 Å². The Labute approximate surface area is 101 Å². The van der Waals surface area contributed by atoms with Crippen molar-refractivity contribution in [3.63, 3.8) is 0 Å². The second-order valence-corrected chi connectivity index (χ2v) is 3.76. The van der Waals surface area contributed by atoms with Gasteiger partial charge in [-0.3, -0.25) is 0 Å². The number of rotatable bonds is 6. The van der Waals surface area contributed by atoms with Crippen molar-refractivity contribution in [2.45, 2.75) is 19.9 Å². The number of aromatic nitrogens is 2. The first-order chi connectivity index (χ1) is 8.38. The third kappa shape index (κ3) is 3.52. The summed E-state index contributed by atoms with van der Waals surface area (Å²) in [6, 6.07) is 7.96. The molecule has 4 heteroatoms. The summed E-state index contributed by atoms with van der Waals surface area (Å²) in [5.74, 6) is 1.84. The summed E-state index contributed by atoms with van der Waals surface area (Å²) in [4.78, 5) is 7.19. The smallest absolute Gasteiger partial charge is 0.125 e. The van der Waals surface area contributed by atoms with Gasteiger partial charge in [0.25, 0.3) is 0 Å². The van der Waals surface area contributed by atoms with E-state index in [0.717, 1.165) is 30.3 Å². The van der Waals surface area contributed by atoms with Gasteiger partial charge in [-0.25, -0.2) is 4.98 Å². The van der Waals surface area contributed by atoms with Crippen molar-refractivity contribution in [3.8, 4) is 5.75 Å². The lowest BCUT2D eigenvalue weighted by atomic mass is 10.3. The molecule has 2 rings (SSSR count). The molecule has 2 aromatic rings. The fourth-order valence-corrected chi connectivity index (χ4v) is 1.47. The molecule has 0 atom stereocenters. The van der Waals surface area contributed by atoms with Crippen LogP contribution in [0, 0.1) is 0 Å². The van der Waals surface area contributed by atoms with Gasteiger partial charge in [-0.2, -0.15) is 0 Å². The first-order valence-electron chi connectivity index (χ1n) is 5.83. The Hall–Kier alpha value is -1.97. The van der Waals surface area contributed by atoms with Gasteiger partial charge >= 0.3 is 0 Å². The Balaban J connectivity index is 1.85. The maximum atomic E-state index is 5.51. The molecule has 0 aliphatic rings. The number of nitrogens with one attached hydrogen (secondary N) is 2. The molecule has 1 aromatic heterocycles. The molecule has 2 N–H and O–H groups in total. The molecular weight excluding hydrogens is 214 g/mol. The van der Waals surface area contributed by atoms with Crippen LogP contribution in [0.2, 0.25) is 0 Å². The molecule has 17 heavy (non-hydrogen) atoms. The zero-order chi connectivity index (χ0) is 11.9. The number of H-pyrrole nitrogens is 1. The monoisotopic (exact) mass is 231 g/mol. The molecule has 4 nitrogen and oxygen atoms in total. The standard InChI is InChI=1S/C13H17N3O/c1-2-9-17-12-5-3-11(4-6-12)16-10-13-14-7-8-15-13/h3-8,16H,2,9-10H2,1H3,(H,14,15). The van der Waals surface area contributed by atoms with Crippen molar-refractivity contribution in [2.24, 2.45) is 0 Å². The highest BCUT2D eigenvalue weighted by molar-refractivity contribution is 5.46. The summed E-state index contributed by atoms with van der Waals surface area (Å²) >= 11 is 0. The molecular formula is C13H17N3O. The molecule has 0 bridgehead atoms. The number of benzene rings is 1. The van der Waals surface area contributed by atoms with Crippen LogP contribution in [0.25, 0.3) is 0 Å². The Bertz CT molecular complexity index is 422. The van der Waals surface area contributed by atoms with Gasteiger partial charge in [0.2, 0.25) is 0 Å². The van der Waals surface area contributed by atoms with Crippen molar-refractivity contribution in [3.05, 3.63) is 42.5 Å². The van der Waals surface area contributed by atoms with E-state index in [1.807, 2.05) is 30.5 Å². The Morgan fingerprint density at radius 2 is 2.12 bits per heavy atom. The van der Waals surface area contributed by atoms with E-state index in [1.165, 1.54) is 0 Å². The second-order valence-electron chi connectivity index (χ2n) is 3.76. The molecule has 0 unspecified atom stereocenters. The summed E-state index contributed by atoms with van der Waals surface area (Å²) in [5, 5.41) is 3.28. The summed E-state index contributed by atoms with van der Waals surface area (Å²) in [7, 11) is 0. The molecule has 90 valence electrons. The maximum Gasteiger partial charge on any atom is 0.125 e. The lowest BCUT2D eigenvalue weighted by molar-refractivity contribution is 0.317. The number of hydrogen-bond acceptors (Lipinski definition) is 3. The number of hydrogen-bond donors (Lipinski definition) is 2. The first kappa shape index (κ1) is 11.5. The molecule has 0 fully saturated rings. The van der Waals surface area contributed by atoms with Crippen LogP contribution in [0.4, 0.5) is 5.69 Å². The second kappa shape index (κ2) is 5.94. The average molecular weight is 231 g/mol. The summed E-state index contributed by atoms with van der Waals surface area (Å²) in [5.41, 5.74) is 1.06. The highest BCUT2D eigenvalue weighted by atomic mass is 16.5. The van der Waals surface area contributed by atoms with E-state index in [-0.39, 0.29) is 0 Å². The molecule has 0 spiro atoms. The van der Waals surface area contributed by atoms with Crippen LogP contribution in [0.5, 0.6) is 5.75 Å². The van der Waals surface area contributed by atoms with E-state index >= 15 is 0 Å². The minimum Gasteiger partial charge on any atom is -0.494 e. The molecule has 0 saturated carbocycles. The van der Waals surface area contributed by atoms with Crippen molar-refractivity contribution in [1.29, 1.82) is 0 Å². The third-order valence-corrected chi connectivity index (χ3v) is 2.34. The molecule has 0 radical (unpaired) electrons. The van der Waals surface area contributed by atoms with Crippen LogP contribution in [0.3, 0.4) is 0 Å². The zero-order valence-electron chi connectivity index (χ0n) is 9.94. The minimum atomic E-state index is 0.697. The zero-order valence-corrected chi connectivity index (χ0v) is 9.94. The highest BCUT2D eigenvalue weighted by Gasteiger charge is 1.96. The molecule has 1 aromatic carbocycles. The summed E-state index contributed by atoms with van der Waals surface area (Å²) < 4.78 is 5.51. The van der Waals surface area contributed by atoms with Crippen LogP contribution in [0.15, 0.2) is 36.7 Å². The van der Waals surface area contributed by atoms with Gasteiger partial charge in [-0.15, -0.1) is 0 Å². The van der Waals surface area contributed by atoms with E-state index in [2.05, 4.69) is 22.2 Å². The Morgan fingerprint density at radius 1 is 1.29 bits per heavy atom. The third-order valence-electron chi connectivity index (χ3n) is 2.34. The topological polar surface area (TPSA) is 49.9 Å². The quantitative estimate of drug-likeness (QED) is 0.803. The number of anilines is 1. The van der Waals surface area contributed by atoms with E-state index in [9.17, 15) is 0 Å². The van der Waals surface area contributed by atoms with E-state index < -0.39 is 0 Å². The molecule has 1 heterocycles. The van der Waals surface area contributed by atoms with Crippen molar-refractivity contribution in [2.75, 3.05) is 11.9 Å². The van der Waals surface area contributed by atoms with Gasteiger partial charge in [-0.1, -0.05) is 6.92 Å². The fourth-order valence-electron chi connectivity index (χ4n) is 1.47. The Kier molecular flexibility index (Phi) is 4.02. The van der Waals surface area contributed by atoms with Gasteiger partial charge < -0.3 is 15.0 Å². The van der Waals surface area contributed by atoms with Crippen LogP contribution in [-0.2, 0) is 6.54 Å². The average Bonchev–Trinajstić information content (AvgIpc) is 2.88. The number of aromatic amines is 1. The number of ether oxygens (including phenoxy) is 1. The van der Waals surface area contributed by atoms with E-state index in [1.54, 1.807) is 6.20 Å². The van der Waals surface area contributed by atoms with Crippen molar-refractivity contribution in [1.82, 2.24) is 9.97 Å². The lowest BCUT2D eigenvalue weighted by Gasteiger charge is -2.07. The molecule has 0 aliphatic carbocycles. The normalized spacial score (nSPS) is 10.2. The van der Waals surface area contributed by atoms with Crippen molar-refractivity contribution >= 4 is 5.69 Å². The molecule has 0 aliphatic heterocycles. The largest absolute Gasteiger partial charge is 0.494 e. The number of imidazole rings is 1. The molecule has 0 amide bonds. The summed E-state index contributed by atoms with van der Waals surface area (Å²) in [6.07, 6.45) is 4.59. The SMILES string of the molecule is CCCOc1ccc(NCc2ncc[nH]2)cc1. The van der Waals surface area contributed by atoms with Crippen LogP contribution >= 0.6 is 0 Å². The van der Waals surface area contributed by atoms with E-state index in [4.69, 9.17) is 4.74 Å². The minimum absolute atomic E-state index is 0.697. The fraction of sp³-hybridized carbons (Fsp3) is 0.308. The maximum absolute atomic E-state index is 5.51. The summed E-state index contributed by atoms with van der Waals surface area (Å²) in [6.45, 7) is 3.56.